The fraction of sp³-hybridized carbons (Fsp3) is 0. The van der Waals surface area contributed by atoms with Crippen molar-refractivity contribution in [3.05, 3.63) is 17.5 Å². The molecule has 0 aliphatic heterocycles. The Morgan fingerprint density at radius 1 is 0.235 bits per heavy atom. The summed E-state index contributed by atoms with van der Waals surface area (Å²) >= 11 is 0. The van der Waals surface area contributed by atoms with E-state index in [1.54, 1.807) is 0 Å². The van der Waals surface area contributed by atoms with Gasteiger partial charge >= 0.3 is 17.9 Å². The maximum Gasteiger partial charge on any atom is 0.377 e. The molecular weight excluding hydrogens is 690 g/mol. The molecule has 33 heteroatoms. The van der Waals surface area contributed by atoms with Gasteiger partial charge in [-0.05, 0) is 0 Å². The molecule has 7 aromatic rings. The summed E-state index contributed by atoms with van der Waals surface area (Å²) in [6, 6.07) is 0. The van der Waals surface area contributed by atoms with Gasteiger partial charge in [0.15, 0.2) is 0 Å². The smallest absolute Gasteiger partial charge is 0.377 e. The van der Waals surface area contributed by atoms with Crippen molar-refractivity contribution >= 4 is 17.9 Å². The summed E-state index contributed by atoms with van der Waals surface area (Å²) < 4.78 is 0. The standard InChI is InChI=1S/C18H3N27O6/c46-16(47)13-40-34-10(35-41-13)7-28-22-4(23-29-7)1-19-2(5-24-30-8(31-25-5)11-36-42-14(17(48)49)43-37-11)21-3(20-1)6-26-32-9(33-27-6)12-38-44-15(18(50)51)45-39-12/h(H,46,47)(H,48,49)(H,50,51). The van der Waals surface area contributed by atoms with E-state index in [1.807, 2.05) is 0 Å². The summed E-state index contributed by atoms with van der Waals surface area (Å²) in [4.78, 5) is 45.5. The highest BCUT2D eigenvalue weighted by Gasteiger charge is 2.22. The van der Waals surface area contributed by atoms with E-state index in [2.05, 4.69) is 137 Å². The second-order valence-corrected chi connectivity index (χ2v) is 8.50. The second kappa shape index (κ2) is 12.7. The minimum absolute atomic E-state index is 0.296. The lowest BCUT2D eigenvalue weighted by atomic mass is 10.4. The summed E-state index contributed by atoms with van der Waals surface area (Å²) in [5.74, 6) is -10.1. The van der Waals surface area contributed by atoms with Crippen molar-refractivity contribution in [2.45, 2.75) is 0 Å². The van der Waals surface area contributed by atoms with E-state index >= 15 is 0 Å². The Kier molecular flexibility index (Phi) is 7.64. The van der Waals surface area contributed by atoms with Crippen molar-refractivity contribution in [2.24, 2.45) is 0 Å². The molecule has 33 nitrogen and oxygen atoms in total. The number of carboxylic acid groups (broad SMARTS) is 3. The largest absolute Gasteiger partial charge is 0.475 e. The average Bonchev–Trinajstić information content (AvgIpc) is 3.18. The molecule has 0 unspecified atom stereocenters. The molecule has 7 heterocycles. The fourth-order valence-corrected chi connectivity index (χ4v) is 3.11. The maximum atomic E-state index is 11.0. The van der Waals surface area contributed by atoms with Gasteiger partial charge in [0, 0.05) is 0 Å². The number of hydrogen-bond acceptors (Lipinski definition) is 30. The number of nitrogens with zero attached hydrogens (tertiary/aromatic N) is 27. The molecule has 0 saturated heterocycles. The predicted octanol–water partition coefficient (Wildman–Crippen LogP) is -5.55. The molecule has 0 spiro atoms. The summed E-state index contributed by atoms with van der Waals surface area (Å²) in [6.07, 6.45) is 0. The van der Waals surface area contributed by atoms with Gasteiger partial charge in [-0.2, -0.15) is 0 Å². The Bertz CT molecular complexity index is 2130. The first-order valence-electron chi connectivity index (χ1n) is 12.6. The molecule has 0 aromatic carbocycles. The molecule has 0 amide bonds. The third kappa shape index (κ3) is 6.38. The van der Waals surface area contributed by atoms with E-state index in [4.69, 9.17) is 15.3 Å². The van der Waals surface area contributed by atoms with Crippen molar-refractivity contribution in [1.29, 1.82) is 0 Å². The molecule has 7 aromatic heterocycles. The van der Waals surface area contributed by atoms with E-state index in [1.165, 1.54) is 0 Å². The van der Waals surface area contributed by atoms with Gasteiger partial charge in [0.2, 0.25) is 69.9 Å². The van der Waals surface area contributed by atoms with Gasteiger partial charge in [-0.3, -0.25) is 0 Å². The van der Waals surface area contributed by atoms with Crippen molar-refractivity contribution in [3.8, 4) is 69.9 Å². The molecule has 51 heavy (non-hydrogen) atoms. The van der Waals surface area contributed by atoms with E-state index < -0.39 is 35.4 Å². The van der Waals surface area contributed by atoms with Crippen molar-refractivity contribution in [2.75, 3.05) is 0 Å². The Labute approximate surface area is 272 Å². The molecule has 0 bridgehead atoms. The molecule has 3 N–H and O–H groups in total. The quantitative estimate of drug-likeness (QED) is 0.127. The topological polar surface area (TPSA) is 460 Å². The lowest BCUT2D eigenvalue weighted by Crippen LogP contribution is -2.12. The molecule has 0 radical (unpaired) electrons. The van der Waals surface area contributed by atoms with Crippen LogP contribution in [0.1, 0.15) is 31.9 Å². The van der Waals surface area contributed by atoms with E-state index in [-0.39, 0.29) is 69.9 Å². The molecule has 0 aliphatic carbocycles. The van der Waals surface area contributed by atoms with Crippen LogP contribution < -0.4 is 0 Å². The van der Waals surface area contributed by atoms with Gasteiger partial charge in [-0.25, -0.2) is 29.3 Å². The molecule has 0 atom stereocenters. The van der Waals surface area contributed by atoms with Crippen LogP contribution in [-0.4, -0.2) is 171 Å². The first-order chi connectivity index (χ1) is 24.7. The van der Waals surface area contributed by atoms with E-state index in [0.29, 0.717) is 0 Å². The van der Waals surface area contributed by atoms with Crippen LogP contribution in [0.15, 0.2) is 0 Å². The summed E-state index contributed by atoms with van der Waals surface area (Å²) in [5.41, 5.74) is 0. The molecule has 0 aliphatic rings. The zero-order valence-electron chi connectivity index (χ0n) is 23.6. The van der Waals surface area contributed by atoms with Gasteiger partial charge in [0.05, 0.1) is 0 Å². The zero-order valence-corrected chi connectivity index (χ0v) is 23.6. The normalized spacial score (nSPS) is 10.8. The minimum atomic E-state index is -1.46. The van der Waals surface area contributed by atoms with Crippen molar-refractivity contribution in [1.82, 2.24) is 137 Å². The third-order valence-electron chi connectivity index (χ3n) is 5.28. The van der Waals surface area contributed by atoms with Crippen LogP contribution in [0.2, 0.25) is 0 Å². The molecule has 0 saturated carbocycles. The van der Waals surface area contributed by atoms with E-state index in [9.17, 15) is 14.4 Å². The van der Waals surface area contributed by atoms with Crippen LogP contribution >= 0.6 is 0 Å². The van der Waals surface area contributed by atoms with Crippen LogP contribution in [0, 0.1) is 0 Å². The first kappa shape index (κ1) is 30.7. The number of carbonyl (C=O) groups is 3. The van der Waals surface area contributed by atoms with Crippen LogP contribution in [0.5, 0.6) is 0 Å². The average molecular weight is 693 g/mol. The van der Waals surface area contributed by atoms with Crippen LogP contribution in [-0.2, 0) is 0 Å². The highest BCUT2D eigenvalue weighted by atomic mass is 16.4. The second-order valence-electron chi connectivity index (χ2n) is 8.50. The Morgan fingerprint density at radius 3 is 0.529 bits per heavy atom. The van der Waals surface area contributed by atoms with E-state index in [0.717, 1.165) is 0 Å². The number of aromatic carboxylic acids is 3. The Hall–Kier alpha value is -8.94. The Balaban J connectivity index is 1.24. The lowest BCUT2D eigenvalue weighted by Gasteiger charge is -2.04. The number of aromatic nitrogens is 27. The highest BCUT2D eigenvalue weighted by molar-refractivity contribution is 5.83. The molecule has 7 rings (SSSR count). The van der Waals surface area contributed by atoms with Crippen molar-refractivity contribution < 1.29 is 29.7 Å². The SMILES string of the molecule is O=C(O)c1nnc(-c2nnc(-c3nc(-c4nnc(-c5nnc(C(=O)O)nn5)nn4)nc(-c4nnc(-c5nnc(C(=O)O)nn5)nn4)n3)nn2)nn1. The minimum Gasteiger partial charge on any atom is -0.475 e. The van der Waals surface area contributed by atoms with Gasteiger partial charge in [-0.15, -0.1) is 122 Å². The van der Waals surface area contributed by atoms with Gasteiger partial charge < -0.3 is 15.3 Å². The summed E-state index contributed by atoms with van der Waals surface area (Å²) in [7, 11) is 0. The monoisotopic (exact) mass is 693 g/mol. The Morgan fingerprint density at radius 2 is 0.373 bits per heavy atom. The fourth-order valence-electron chi connectivity index (χ4n) is 3.11. The molecule has 246 valence electrons. The summed E-state index contributed by atoms with van der Waals surface area (Å²) in [6.45, 7) is 0. The molecule has 0 fully saturated rings. The van der Waals surface area contributed by atoms with Gasteiger partial charge in [0.25, 0.3) is 17.5 Å². The van der Waals surface area contributed by atoms with Gasteiger partial charge in [0.1, 0.15) is 0 Å². The lowest BCUT2D eigenvalue weighted by molar-refractivity contribution is 0.0669. The number of hydrogen-bond donors (Lipinski definition) is 3. The maximum absolute atomic E-state index is 11.0. The van der Waals surface area contributed by atoms with Crippen LogP contribution in [0.25, 0.3) is 69.9 Å². The number of rotatable bonds is 9. The molecular formula is C18H3N27O6. The van der Waals surface area contributed by atoms with Crippen molar-refractivity contribution in [3.63, 3.8) is 0 Å². The zero-order chi connectivity index (χ0) is 35.5. The third-order valence-corrected chi connectivity index (χ3v) is 5.28. The number of carboxylic acids is 3. The summed E-state index contributed by atoms with van der Waals surface area (Å²) in [5, 5.41) is 115. The van der Waals surface area contributed by atoms with Gasteiger partial charge in [-0.1, -0.05) is 0 Å². The predicted molar refractivity (Wildman–Crippen MR) is 140 cm³/mol. The van der Waals surface area contributed by atoms with Crippen LogP contribution in [0.4, 0.5) is 0 Å². The van der Waals surface area contributed by atoms with Crippen LogP contribution in [0.3, 0.4) is 0 Å². The first-order valence-corrected chi connectivity index (χ1v) is 12.6. The highest BCUT2D eigenvalue weighted by Crippen LogP contribution is 2.19.